The van der Waals surface area contributed by atoms with Gasteiger partial charge in [-0.2, -0.15) is 5.26 Å². The Hall–Kier alpha value is -3.72. The fourth-order valence-corrected chi connectivity index (χ4v) is 5.34. The second-order valence-electron chi connectivity index (χ2n) is 8.85. The van der Waals surface area contributed by atoms with Crippen molar-refractivity contribution in [2.45, 2.75) is 24.5 Å². The molecule has 2 aliphatic rings. The molecular formula is C28H24N4O. The number of fused-ring (bicyclic) bond motifs is 2. The molecule has 4 aromatic rings. The van der Waals surface area contributed by atoms with Crippen LogP contribution in [0.25, 0.3) is 22.5 Å². The van der Waals surface area contributed by atoms with Gasteiger partial charge in [0.1, 0.15) is 0 Å². The quantitative estimate of drug-likeness (QED) is 0.490. The molecule has 3 aromatic carbocycles. The summed E-state index contributed by atoms with van der Waals surface area (Å²) in [5, 5.41) is 17.1. The first-order chi connectivity index (χ1) is 16.3. The highest BCUT2D eigenvalue weighted by molar-refractivity contribution is 5.65. The first-order valence-electron chi connectivity index (χ1n) is 11.4. The summed E-state index contributed by atoms with van der Waals surface area (Å²) in [6.45, 7) is 2.77. The maximum absolute atomic E-state index is 9.18. The lowest BCUT2D eigenvalue weighted by molar-refractivity contribution is -0.0496. The standard InChI is InChI=1S/C28H24N4O/c29-15-19-5-4-8-23(13-19)20-9-11-22(12-10-20)28-25-16-30-17-26(28)32(25)18-24-14-27(33-31-24)21-6-2-1-3-7-21/h1-14,25-26,28,30H,16-18H2/t25-,26+,28?. The van der Waals surface area contributed by atoms with E-state index in [9.17, 15) is 5.26 Å². The molecule has 0 amide bonds. The van der Waals surface area contributed by atoms with Crippen LogP contribution in [0, 0.1) is 11.3 Å². The number of nitriles is 1. The highest BCUT2D eigenvalue weighted by Crippen LogP contribution is 2.43. The summed E-state index contributed by atoms with van der Waals surface area (Å²) in [4.78, 5) is 2.55. The molecule has 1 aromatic heterocycles. The molecule has 162 valence electrons. The van der Waals surface area contributed by atoms with Gasteiger partial charge >= 0.3 is 0 Å². The minimum Gasteiger partial charge on any atom is -0.356 e. The largest absolute Gasteiger partial charge is 0.356 e. The van der Waals surface area contributed by atoms with Gasteiger partial charge in [-0.05, 0) is 28.8 Å². The van der Waals surface area contributed by atoms with Gasteiger partial charge in [-0.3, -0.25) is 4.90 Å². The van der Waals surface area contributed by atoms with E-state index >= 15 is 0 Å². The summed E-state index contributed by atoms with van der Waals surface area (Å²) >= 11 is 0. The van der Waals surface area contributed by atoms with E-state index in [1.165, 1.54) is 5.56 Å². The van der Waals surface area contributed by atoms with Crippen LogP contribution >= 0.6 is 0 Å². The van der Waals surface area contributed by atoms with Crippen molar-refractivity contribution in [3.8, 4) is 28.5 Å². The Morgan fingerprint density at radius 2 is 1.64 bits per heavy atom. The Balaban J connectivity index is 1.18. The van der Waals surface area contributed by atoms with E-state index in [0.29, 0.717) is 23.6 Å². The number of piperazine rings is 1. The number of benzene rings is 3. The number of rotatable bonds is 5. The SMILES string of the molecule is N#Cc1cccc(-c2ccc(C3[C@H]4CNC[C@@H]3N4Cc3cc(-c4ccccc4)on3)cc2)c1. The van der Waals surface area contributed by atoms with Crippen LogP contribution < -0.4 is 5.32 Å². The van der Waals surface area contributed by atoms with Gasteiger partial charge in [-0.1, -0.05) is 71.9 Å². The Bertz CT molecular complexity index is 1290. The fourth-order valence-electron chi connectivity index (χ4n) is 5.34. The van der Waals surface area contributed by atoms with Crippen molar-refractivity contribution in [3.05, 3.63) is 102 Å². The highest BCUT2D eigenvalue weighted by Gasteiger charge is 2.51. The molecule has 2 fully saturated rings. The molecular weight excluding hydrogens is 408 g/mol. The normalized spacial score (nSPS) is 21.8. The predicted molar refractivity (Wildman–Crippen MR) is 127 cm³/mol. The summed E-state index contributed by atoms with van der Waals surface area (Å²) in [5.74, 6) is 1.34. The average Bonchev–Trinajstić information content (AvgIpc) is 3.37. The lowest BCUT2D eigenvalue weighted by atomic mass is 9.72. The van der Waals surface area contributed by atoms with Crippen molar-refractivity contribution in [3.63, 3.8) is 0 Å². The van der Waals surface area contributed by atoms with E-state index in [0.717, 1.165) is 47.8 Å². The number of aromatic nitrogens is 1. The molecule has 1 unspecified atom stereocenters. The van der Waals surface area contributed by atoms with Crippen LogP contribution in [-0.2, 0) is 6.54 Å². The highest BCUT2D eigenvalue weighted by atomic mass is 16.5. The van der Waals surface area contributed by atoms with Crippen LogP contribution in [0.15, 0.2) is 89.5 Å². The molecule has 2 saturated heterocycles. The van der Waals surface area contributed by atoms with Gasteiger partial charge in [-0.25, -0.2) is 0 Å². The monoisotopic (exact) mass is 432 g/mol. The smallest absolute Gasteiger partial charge is 0.167 e. The first-order valence-corrected chi connectivity index (χ1v) is 11.4. The van der Waals surface area contributed by atoms with E-state index < -0.39 is 0 Å². The van der Waals surface area contributed by atoms with Gasteiger partial charge in [0.25, 0.3) is 0 Å². The number of piperidine rings is 1. The molecule has 1 N–H and O–H groups in total. The van der Waals surface area contributed by atoms with Crippen LogP contribution in [-0.4, -0.2) is 35.2 Å². The molecule has 0 saturated carbocycles. The molecule has 5 heteroatoms. The number of hydrogen-bond donors (Lipinski definition) is 1. The van der Waals surface area contributed by atoms with E-state index in [2.05, 4.69) is 57.8 Å². The number of nitrogens with one attached hydrogen (secondary N) is 1. The maximum atomic E-state index is 9.18. The minimum absolute atomic E-state index is 0.452. The molecule has 0 spiro atoms. The molecule has 2 aliphatic heterocycles. The second kappa shape index (κ2) is 8.32. The molecule has 6 rings (SSSR count). The lowest BCUT2D eigenvalue weighted by Gasteiger charge is -2.59. The third-order valence-corrected chi connectivity index (χ3v) is 6.97. The zero-order chi connectivity index (χ0) is 22.2. The molecule has 5 nitrogen and oxygen atoms in total. The van der Waals surface area contributed by atoms with Crippen LogP contribution in [0.4, 0.5) is 0 Å². The van der Waals surface area contributed by atoms with Gasteiger partial charge in [0.05, 0.1) is 17.3 Å². The summed E-state index contributed by atoms with van der Waals surface area (Å²) in [7, 11) is 0. The van der Waals surface area contributed by atoms with Crippen LogP contribution in [0.5, 0.6) is 0 Å². The maximum Gasteiger partial charge on any atom is 0.167 e. The van der Waals surface area contributed by atoms with Crippen molar-refractivity contribution >= 4 is 0 Å². The summed E-state index contributed by atoms with van der Waals surface area (Å²) in [6.07, 6.45) is 0. The van der Waals surface area contributed by atoms with Crippen molar-refractivity contribution in [1.82, 2.24) is 15.4 Å². The topological polar surface area (TPSA) is 65.1 Å². The van der Waals surface area contributed by atoms with Crippen molar-refractivity contribution in [2.24, 2.45) is 0 Å². The van der Waals surface area contributed by atoms with Crippen LogP contribution in [0.3, 0.4) is 0 Å². The minimum atomic E-state index is 0.452. The summed E-state index contributed by atoms with van der Waals surface area (Å²) in [6, 6.07) is 32.0. The van der Waals surface area contributed by atoms with E-state index in [-0.39, 0.29) is 0 Å². The first kappa shape index (κ1) is 19.9. The molecule has 3 atom stereocenters. The van der Waals surface area contributed by atoms with E-state index in [4.69, 9.17) is 4.52 Å². The van der Waals surface area contributed by atoms with Gasteiger partial charge in [0.2, 0.25) is 0 Å². The molecule has 0 radical (unpaired) electrons. The van der Waals surface area contributed by atoms with E-state index in [1.54, 1.807) is 0 Å². The molecule has 33 heavy (non-hydrogen) atoms. The fraction of sp³-hybridized carbons (Fsp3) is 0.214. The lowest BCUT2D eigenvalue weighted by Crippen LogP contribution is -2.72. The zero-order valence-electron chi connectivity index (χ0n) is 18.2. The van der Waals surface area contributed by atoms with Gasteiger partial charge in [-0.15, -0.1) is 0 Å². The Kier molecular flexibility index (Phi) is 5.03. The van der Waals surface area contributed by atoms with Gasteiger partial charge in [0.15, 0.2) is 5.76 Å². The Morgan fingerprint density at radius 1 is 0.879 bits per heavy atom. The zero-order valence-corrected chi connectivity index (χ0v) is 18.2. The molecule has 0 aliphatic carbocycles. The Morgan fingerprint density at radius 3 is 2.39 bits per heavy atom. The van der Waals surface area contributed by atoms with E-state index in [1.807, 2.05) is 48.5 Å². The van der Waals surface area contributed by atoms with Crippen molar-refractivity contribution in [1.29, 1.82) is 5.26 Å². The third kappa shape index (κ3) is 3.64. The van der Waals surface area contributed by atoms with Crippen LogP contribution in [0.1, 0.15) is 22.7 Å². The predicted octanol–water partition coefficient (Wildman–Crippen LogP) is 4.82. The summed E-state index contributed by atoms with van der Waals surface area (Å²) < 4.78 is 5.61. The number of hydrogen-bond acceptors (Lipinski definition) is 5. The molecule has 2 bridgehead atoms. The third-order valence-electron chi connectivity index (χ3n) is 6.97. The molecule has 3 heterocycles. The second-order valence-corrected chi connectivity index (χ2v) is 8.85. The summed E-state index contributed by atoms with van der Waals surface area (Å²) in [5.41, 5.74) is 6.34. The Labute approximate surface area is 193 Å². The van der Waals surface area contributed by atoms with Crippen molar-refractivity contribution in [2.75, 3.05) is 13.1 Å². The van der Waals surface area contributed by atoms with Crippen molar-refractivity contribution < 1.29 is 4.52 Å². The van der Waals surface area contributed by atoms with Gasteiger partial charge in [0, 0.05) is 49.3 Å². The van der Waals surface area contributed by atoms with Crippen LogP contribution in [0.2, 0.25) is 0 Å². The van der Waals surface area contributed by atoms with Gasteiger partial charge < -0.3 is 9.84 Å². The average molecular weight is 433 g/mol. The number of likely N-dealkylation sites (tertiary alicyclic amines) is 1. The number of nitrogens with zero attached hydrogens (tertiary/aromatic N) is 3.